The fraction of sp³-hybridized carbons (Fsp3) is 0.750. The molecule has 0 aromatic rings. The van der Waals surface area contributed by atoms with Crippen LogP contribution in [0.5, 0.6) is 0 Å². The average Bonchev–Trinajstić information content (AvgIpc) is 2.62. The van der Waals surface area contributed by atoms with Gasteiger partial charge < -0.3 is 0 Å². The van der Waals surface area contributed by atoms with Crippen LogP contribution in [-0.2, 0) is 4.79 Å². The molecule has 1 nitrogen and oxygen atoms in total. The Balaban J connectivity index is 1.83. The van der Waals surface area contributed by atoms with Crippen molar-refractivity contribution >= 4 is 5.78 Å². The van der Waals surface area contributed by atoms with E-state index in [0.717, 1.165) is 24.3 Å². The Kier molecular flexibility index (Phi) is 2.70. The Bertz CT molecular complexity index is 564. The van der Waals surface area contributed by atoms with Gasteiger partial charge >= 0.3 is 0 Å². The van der Waals surface area contributed by atoms with Crippen LogP contribution < -0.4 is 0 Å². The molecule has 0 spiro atoms. The molecule has 2 fully saturated rings. The maximum Gasteiger partial charge on any atom is 0.165 e. The highest BCUT2D eigenvalue weighted by Crippen LogP contribution is 2.64. The zero-order valence-electron chi connectivity index (χ0n) is 13.8. The predicted octanol–water partition coefficient (Wildman–Crippen LogP) is 5.07. The van der Waals surface area contributed by atoms with Crippen LogP contribution in [0.1, 0.15) is 65.7 Å². The summed E-state index contributed by atoms with van der Waals surface area (Å²) in [5.41, 5.74) is 4.89. The summed E-state index contributed by atoms with van der Waals surface area (Å²) >= 11 is 0. The molecule has 21 heavy (non-hydrogen) atoms. The number of carbonyl (C=O) groups excluding carboxylic acids is 1. The van der Waals surface area contributed by atoms with Gasteiger partial charge in [-0.3, -0.25) is 4.79 Å². The maximum atomic E-state index is 12.7. The van der Waals surface area contributed by atoms with Gasteiger partial charge in [-0.2, -0.15) is 0 Å². The van der Waals surface area contributed by atoms with E-state index in [1.165, 1.54) is 32.1 Å². The van der Waals surface area contributed by atoms with Gasteiger partial charge in [-0.15, -0.1) is 0 Å². The maximum absolute atomic E-state index is 12.7. The molecule has 0 amide bonds. The van der Waals surface area contributed by atoms with Crippen molar-refractivity contribution in [3.8, 4) is 0 Å². The van der Waals surface area contributed by atoms with Crippen molar-refractivity contribution in [2.75, 3.05) is 0 Å². The summed E-state index contributed by atoms with van der Waals surface area (Å²) in [5.74, 6) is 1.82. The third-order valence-electron chi connectivity index (χ3n) is 7.45. The lowest BCUT2D eigenvalue weighted by Crippen LogP contribution is -2.48. The second-order valence-corrected chi connectivity index (χ2v) is 8.95. The number of allylic oxidation sites excluding steroid dienone is 3. The highest BCUT2D eigenvalue weighted by Gasteiger charge is 2.56. The molecule has 0 aromatic heterocycles. The first kappa shape index (κ1) is 13.8. The summed E-state index contributed by atoms with van der Waals surface area (Å²) in [7, 11) is 0. The molecule has 4 rings (SSSR count). The normalized spacial score (nSPS) is 44.6. The zero-order chi connectivity index (χ0) is 15.0. The summed E-state index contributed by atoms with van der Waals surface area (Å²) in [6.07, 6.45) is 8.75. The zero-order valence-corrected chi connectivity index (χ0v) is 13.8. The molecule has 4 aliphatic rings. The number of ketones is 1. The first-order chi connectivity index (χ1) is 9.84. The molecule has 4 aliphatic carbocycles. The Morgan fingerprint density at radius 3 is 2.71 bits per heavy atom. The van der Waals surface area contributed by atoms with E-state index >= 15 is 0 Å². The van der Waals surface area contributed by atoms with Crippen LogP contribution in [-0.4, -0.2) is 5.78 Å². The Morgan fingerprint density at radius 1 is 1.19 bits per heavy atom. The SMILES string of the molecule is C=C1C(=O)C2C[C@@H]1CC1=C2[C@]2(C)CCCC(C)(C)[C@H]2CC1. The smallest absolute Gasteiger partial charge is 0.165 e. The second kappa shape index (κ2) is 4.12. The number of fused-ring (bicyclic) bond motifs is 5. The first-order valence-electron chi connectivity index (χ1n) is 8.80. The molecule has 0 aliphatic heterocycles. The lowest BCUT2D eigenvalue weighted by Gasteiger charge is -2.57. The molecule has 0 heterocycles. The monoisotopic (exact) mass is 284 g/mol. The van der Waals surface area contributed by atoms with Gasteiger partial charge in [0.25, 0.3) is 0 Å². The van der Waals surface area contributed by atoms with Gasteiger partial charge in [0.2, 0.25) is 0 Å². The highest BCUT2D eigenvalue weighted by atomic mass is 16.1. The molecule has 114 valence electrons. The van der Waals surface area contributed by atoms with Crippen LogP contribution >= 0.6 is 0 Å². The first-order valence-corrected chi connectivity index (χ1v) is 8.80. The minimum absolute atomic E-state index is 0.202. The van der Waals surface area contributed by atoms with E-state index in [-0.39, 0.29) is 11.3 Å². The van der Waals surface area contributed by atoms with Gasteiger partial charge in [-0.05, 0) is 66.8 Å². The topological polar surface area (TPSA) is 17.1 Å². The highest BCUT2D eigenvalue weighted by molar-refractivity contribution is 6.02. The van der Waals surface area contributed by atoms with Crippen LogP contribution in [0, 0.1) is 28.6 Å². The number of Topliss-reactive ketones (excluding diaryl/α,β-unsaturated/α-hetero) is 1. The minimum Gasteiger partial charge on any atom is -0.294 e. The van der Waals surface area contributed by atoms with Crippen molar-refractivity contribution in [1.29, 1.82) is 0 Å². The summed E-state index contributed by atoms with van der Waals surface area (Å²) in [5, 5.41) is 0. The number of hydrogen-bond acceptors (Lipinski definition) is 1. The van der Waals surface area contributed by atoms with Crippen LogP contribution in [0.4, 0.5) is 0 Å². The van der Waals surface area contributed by atoms with Crippen LogP contribution in [0.3, 0.4) is 0 Å². The molecule has 1 heteroatoms. The molecule has 2 bridgehead atoms. The minimum atomic E-state index is 0.202. The van der Waals surface area contributed by atoms with Crippen molar-refractivity contribution in [2.24, 2.45) is 28.6 Å². The van der Waals surface area contributed by atoms with E-state index in [1.807, 2.05) is 0 Å². The number of rotatable bonds is 0. The lowest BCUT2D eigenvalue weighted by molar-refractivity contribution is -0.117. The van der Waals surface area contributed by atoms with E-state index < -0.39 is 0 Å². The standard InChI is InChI=1S/C20H28O/c1-12-14-10-13-6-7-16-19(2,3)8-5-9-20(16,4)17(13)15(11-14)18(12)21/h14-16H,1,5-11H2,2-4H3/t14-,15?,16+,20+/m0/s1. The molecule has 0 N–H and O–H groups in total. The molecule has 4 atom stereocenters. The van der Waals surface area contributed by atoms with E-state index in [1.54, 1.807) is 11.1 Å². The lowest BCUT2D eigenvalue weighted by atomic mass is 9.48. The van der Waals surface area contributed by atoms with Crippen molar-refractivity contribution in [1.82, 2.24) is 0 Å². The third kappa shape index (κ3) is 1.67. The van der Waals surface area contributed by atoms with E-state index in [2.05, 4.69) is 27.4 Å². The quantitative estimate of drug-likeness (QED) is 0.448. The van der Waals surface area contributed by atoms with Gasteiger partial charge in [-0.1, -0.05) is 44.9 Å². The van der Waals surface area contributed by atoms with Gasteiger partial charge in [-0.25, -0.2) is 0 Å². The summed E-state index contributed by atoms with van der Waals surface area (Å²) in [6.45, 7) is 11.5. The molecule has 1 unspecified atom stereocenters. The largest absolute Gasteiger partial charge is 0.294 e. The van der Waals surface area contributed by atoms with Crippen LogP contribution in [0.2, 0.25) is 0 Å². The Labute approximate surface area is 128 Å². The Morgan fingerprint density at radius 2 is 1.95 bits per heavy atom. The number of hydrogen-bond donors (Lipinski definition) is 0. The van der Waals surface area contributed by atoms with Gasteiger partial charge in [0, 0.05) is 5.92 Å². The van der Waals surface area contributed by atoms with E-state index in [0.29, 0.717) is 17.1 Å². The average molecular weight is 284 g/mol. The molecule has 0 saturated heterocycles. The van der Waals surface area contributed by atoms with Crippen molar-refractivity contribution in [2.45, 2.75) is 65.7 Å². The predicted molar refractivity (Wildman–Crippen MR) is 85.9 cm³/mol. The number of carbonyl (C=O) groups is 1. The third-order valence-corrected chi connectivity index (χ3v) is 7.45. The van der Waals surface area contributed by atoms with Gasteiger partial charge in [0.15, 0.2) is 5.78 Å². The summed E-state index contributed by atoms with van der Waals surface area (Å²) < 4.78 is 0. The van der Waals surface area contributed by atoms with Crippen LogP contribution in [0.25, 0.3) is 0 Å². The van der Waals surface area contributed by atoms with Crippen molar-refractivity contribution in [3.05, 3.63) is 23.3 Å². The molecule has 2 saturated carbocycles. The molecule has 0 radical (unpaired) electrons. The Hall–Kier alpha value is -0.850. The van der Waals surface area contributed by atoms with Crippen LogP contribution in [0.15, 0.2) is 23.3 Å². The second-order valence-electron chi connectivity index (χ2n) is 8.95. The molecular weight excluding hydrogens is 256 g/mol. The fourth-order valence-electron chi connectivity index (χ4n) is 6.58. The summed E-state index contributed by atoms with van der Waals surface area (Å²) in [6, 6.07) is 0. The van der Waals surface area contributed by atoms with E-state index in [4.69, 9.17) is 0 Å². The van der Waals surface area contributed by atoms with Crippen molar-refractivity contribution < 1.29 is 4.79 Å². The fourth-order valence-corrected chi connectivity index (χ4v) is 6.58. The molecular formula is C20H28O. The van der Waals surface area contributed by atoms with Gasteiger partial charge in [0.1, 0.15) is 0 Å². The molecule has 0 aromatic carbocycles. The summed E-state index contributed by atoms with van der Waals surface area (Å²) in [4.78, 5) is 12.7. The van der Waals surface area contributed by atoms with E-state index in [9.17, 15) is 4.79 Å². The van der Waals surface area contributed by atoms with Gasteiger partial charge in [0.05, 0.1) is 0 Å². The van der Waals surface area contributed by atoms with Crippen molar-refractivity contribution in [3.63, 3.8) is 0 Å².